The third-order valence-corrected chi connectivity index (χ3v) is 3.55. The fourth-order valence-electron chi connectivity index (χ4n) is 2.46. The number of piperazine rings is 1. The maximum absolute atomic E-state index is 4.73. The van der Waals surface area contributed by atoms with Crippen LogP contribution in [-0.2, 0) is 0 Å². The van der Waals surface area contributed by atoms with Gasteiger partial charge in [-0.1, -0.05) is 0 Å². The summed E-state index contributed by atoms with van der Waals surface area (Å²) in [6.07, 6.45) is 1.92. The quantitative estimate of drug-likeness (QED) is 0.853. The molecular weight excluding hydrogens is 238 g/mol. The van der Waals surface area contributed by atoms with Gasteiger partial charge in [0, 0.05) is 31.5 Å². The van der Waals surface area contributed by atoms with Crippen LogP contribution in [0.4, 0.5) is 0 Å². The summed E-state index contributed by atoms with van der Waals surface area (Å²) in [7, 11) is 2.13. The normalized spacial score (nSPS) is 20.6. The molecule has 0 bridgehead atoms. The highest BCUT2D eigenvalue weighted by atomic mass is 15.2. The molecule has 0 saturated carbocycles. The summed E-state index contributed by atoms with van der Waals surface area (Å²) < 4.78 is 0. The van der Waals surface area contributed by atoms with Crippen molar-refractivity contribution in [2.24, 2.45) is 0 Å². The number of nitrogens with zero attached hydrogens (tertiary/aromatic N) is 3. The Labute approximate surface area is 113 Å². The van der Waals surface area contributed by atoms with Crippen molar-refractivity contribution in [3.8, 4) is 11.4 Å². The molecule has 0 amide bonds. The first kappa shape index (κ1) is 12.3. The predicted molar refractivity (Wildman–Crippen MR) is 74.8 cm³/mol. The standard InChI is InChI=1S/C14H19N5/c1-10-8-12(11-4-3-5-16-11)18-14(17-10)13-9-15-6-7-19(13)2/h3-5,8,13,15-16H,6-7,9H2,1-2H3. The van der Waals surface area contributed by atoms with Crippen LogP contribution in [0.15, 0.2) is 24.4 Å². The smallest absolute Gasteiger partial charge is 0.147 e. The molecule has 0 aliphatic carbocycles. The molecule has 2 aromatic rings. The lowest BCUT2D eigenvalue weighted by molar-refractivity contribution is 0.194. The van der Waals surface area contributed by atoms with Gasteiger partial charge in [0.1, 0.15) is 5.82 Å². The van der Waals surface area contributed by atoms with E-state index in [9.17, 15) is 0 Å². The highest BCUT2D eigenvalue weighted by molar-refractivity contribution is 5.54. The molecule has 1 unspecified atom stereocenters. The van der Waals surface area contributed by atoms with Crippen molar-refractivity contribution in [3.05, 3.63) is 35.9 Å². The van der Waals surface area contributed by atoms with Gasteiger partial charge in [-0.2, -0.15) is 0 Å². The van der Waals surface area contributed by atoms with E-state index in [1.54, 1.807) is 0 Å². The molecule has 3 rings (SSSR count). The average molecular weight is 257 g/mol. The number of nitrogens with one attached hydrogen (secondary N) is 2. The summed E-state index contributed by atoms with van der Waals surface area (Å²) in [5.41, 5.74) is 3.01. The van der Waals surface area contributed by atoms with Crippen LogP contribution >= 0.6 is 0 Å². The van der Waals surface area contributed by atoms with Gasteiger partial charge in [0.25, 0.3) is 0 Å². The van der Waals surface area contributed by atoms with Gasteiger partial charge in [0.15, 0.2) is 0 Å². The summed E-state index contributed by atoms with van der Waals surface area (Å²) in [5.74, 6) is 0.902. The number of hydrogen-bond donors (Lipinski definition) is 2. The number of aromatic amines is 1. The Morgan fingerprint density at radius 3 is 3.00 bits per heavy atom. The van der Waals surface area contributed by atoms with E-state index >= 15 is 0 Å². The zero-order valence-corrected chi connectivity index (χ0v) is 11.3. The van der Waals surface area contributed by atoms with Crippen LogP contribution in [0.1, 0.15) is 17.6 Å². The van der Waals surface area contributed by atoms with Gasteiger partial charge in [0.2, 0.25) is 0 Å². The van der Waals surface area contributed by atoms with Gasteiger partial charge in [-0.05, 0) is 32.2 Å². The van der Waals surface area contributed by atoms with Crippen molar-refractivity contribution < 1.29 is 0 Å². The number of aromatic nitrogens is 3. The first-order chi connectivity index (χ1) is 9.24. The Morgan fingerprint density at radius 1 is 1.37 bits per heavy atom. The summed E-state index contributed by atoms with van der Waals surface area (Å²) in [5, 5.41) is 3.41. The second-order valence-corrected chi connectivity index (χ2v) is 5.04. The molecule has 19 heavy (non-hydrogen) atoms. The van der Waals surface area contributed by atoms with Crippen LogP contribution in [0.2, 0.25) is 0 Å². The molecule has 3 heterocycles. The first-order valence-corrected chi connectivity index (χ1v) is 6.64. The third kappa shape index (κ3) is 2.52. The minimum atomic E-state index is 0.252. The second kappa shape index (κ2) is 5.11. The van der Waals surface area contributed by atoms with Gasteiger partial charge in [-0.3, -0.25) is 4.90 Å². The molecule has 1 aliphatic rings. The largest absolute Gasteiger partial charge is 0.360 e. The van der Waals surface area contributed by atoms with E-state index in [0.29, 0.717) is 0 Å². The van der Waals surface area contributed by atoms with Crippen molar-refractivity contribution in [1.82, 2.24) is 25.2 Å². The van der Waals surface area contributed by atoms with Crippen LogP contribution in [0.5, 0.6) is 0 Å². The van der Waals surface area contributed by atoms with E-state index in [1.807, 2.05) is 31.3 Å². The second-order valence-electron chi connectivity index (χ2n) is 5.04. The number of rotatable bonds is 2. The van der Waals surface area contributed by atoms with Crippen molar-refractivity contribution in [3.63, 3.8) is 0 Å². The lowest BCUT2D eigenvalue weighted by Crippen LogP contribution is -2.44. The van der Waals surface area contributed by atoms with E-state index in [0.717, 1.165) is 42.5 Å². The molecule has 2 aromatic heterocycles. The lowest BCUT2D eigenvalue weighted by Gasteiger charge is -2.32. The number of hydrogen-bond acceptors (Lipinski definition) is 4. The van der Waals surface area contributed by atoms with E-state index in [1.165, 1.54) is 0 Å². The van der Waals surface area contributed by atoms with Gasteiger partial charge in [0.05, 0.1) is 17.4 Å². The van der Waals surface area contributed by atoms with Crippen molar-refractivity contribution in [2.75, 3.05) is 26.7 Å². The van der Waals surface area contributed by atoms with Crippen LogP contribution in [0.25, 0.3) is 11.4 Å². The molecule has 5 heteroatoms. The van der Waals surface area contributed by atoms with Crippen molar-refractivity contribution in [1.29, 1.82) is 0 Å². The summed E-state index contributed by atoms with van der Waals surface area (Å²) in [4.78, 5) is 14.8. The molecule has 2 N–H and O–H groups in total. The average Bonchev–Trinajstić information content (AvgIpc) is 2.92. The van der Waals surface area contributed by atoms with Gasteiger partial charge >= 0.3 is 0 Å². The summed E-state index contributed by atoms with van der Waals surface area (Å²) in [6.45, 7) is 4.99. The molecule has 0 radical (unpaired) electrons. The van der Waals surface area contributed by atoms with Gasteiger partial charge in [-0.15, -0.1) is 0 Å². The maximum Gasteiger partial charge on any atom is 0.147 e. The Balaban J connectivity index is 1.97. The van der Waals surface area contributed by atoms with E-state index in [-0.39, 0.29) is 6.04 Å². The Hall–Kier alpha value is -1.72. The number of aryl methyl sites for hydroxylation is 1. The van der Waals surface area contributed by atoms with E-state index in [2.05, 4.69) is 27.2 Å². The molecule has 0 aromatic carbocycles. The van der Waals surface area contributed by atoms with Crippen molar-refractivity contribution in [2.45, 2.75) is 13.0 Å². The Kier molecular flexibility index (Phi) is 3.31. The maximum atomic E-state index is 4.73. The van der Waals surface area contributed by atoms with Gasteiger partial charge < -0.3 is 10.3 Å². The molecule has 1 atom stereocenters. The lowest BCUT2D eigenvalue weighted by atomic mass is 10.1. The van der Waals surface area contributed by atoms with Crippen LogP contribution < -0.4 is 5.32 Å². The fraction of sp³-hybridized carbons (Fsp3) is 0.429. The van der Waals surface area contributed by atoms with Gasteiger partial charge in [-0.25, -0.2) is 9.97 Å². The molecule has 1 fully saturated rings. The third-order valence-electron chi connectivity index (χ3n) is 3.55. The van der Waals surface area contributed by atoms with Crippen molar-refractivity contribution >= 4 is 0 Å². The summed E-state index contributed by atoms with van der Waals surface area (Å²) >= 11 is 0. The number of likely N-dealkylation sites (N-methyl/N-ethyl adjacent to an activating group) is 1. The monoisotopic (exact) mass is 257 g/mol. The SMILES string of the molecule is Cc1cc(-c2ccc[nH]2)nc(C2CNCCN2C)n1. The highest BCUT2D eigenvalue weighted by Crippen LogP contribution is 2.21. The Bertz CT molecular complexity index is 549. The van der Waals surface area contributed by atoms with E-state index < -0.39 is 0 Å². The van der Waals surface area contributed by atoms with Crippen LogP contribution in [-0.4, -0.2) is 46.5 Å². The molecular formula is C14H19N5. The topological polar surface area (TPSA) is 56.8 Å². The molecule has 100 valence electrons. The zero-order valence-electron chi connectivity index (χ0n) is 11.3. The minimum Gasteiger partial charge on any atom is -0.360 e. The van der Waals surface area contributed by atoms with Crippen LogP contribution in [0.3, 0.4) is 0 Å². The molecule has 1 saturated heterocycles. The van der Waals surface area contributed by atoms with Crippen LogP contribution in [0, 0.1) is 6.92 Å². The number of H-pyrrole nitrogens is 1. The fourth-order valence-corrected chi connectivity index (χ4v) is 2.46. The Morgan fingerprint density at radius 2 is 2.26 bits per heavy atom. The molecule has 1 aliphatic heterocycles. The zero-order chi connectivity index (χ0) is 13.2. The van der Waals surface area contributed by atoms with E-state index in [4.69, 9.17) is 4.98 Å². The molecule has 5 nitrogen and oxygen atoms in total. The molecule has 0 spiro atoms. The highest BCUT2D eigenvalue weighted by Gasteiger charge is 2.23. The first-order valence-electron chi connectivity index (χ1n) is 6.64. The predicted octanol–water partition coefficient (Wildman–Crippen LogP) is 1.36. The minimum absolute atomic E-state index is 0.252. The summed E-state index contributed by atoms with van der Waals surface area (Å²) in [6, 6.07) is 6.29.